The van der Waals surface area contributed by atoms with Gasteiger partial charge in [-0.3, -0.25) is 4.79 Å². The molecule has 0 unspecified atom stereocenters. The summed E-state index contributed by atoms with van der Waals surface area (Å²) in [6.07, 6.45) is 0. The van der Waals surface area contributed by atoms with E-state index in [1.807, 2.05) is 13.8 Å². The molecule has 0 saturated heterocycles. The van der Waals surface area contributed by atoms with Crippen LogP contribution in [0, 0.1) is 0 Å². The Morgan fingerprint density at radius 2 is 1.72 bits per heavy atom. The van der Waals surface area contributed by atoms with Crippen LogP contribution in [0.1, 0.15) is 38.1 Å². The van der Waals surface area contributed by atoms with Gasteiger partial charge in [-0.1, -0.05) is 0 Å². The molecule has 0 aliphatic rings. The van der Waals surface area contributed by atoms with Crippen LogP contribution in [0.2, 0.25) is 0 Å². The topological polar surface area (TPSA) is 61.5 Å². The molecule has 0 saturated carbocycles. The fraction of sp³-hybridized carbons (Fsp3) is 0.500. The van der Waals surface area contributed by atoms with Crippen LogP contribution in [0.5, 0.6) is 11.5 Å². The van der Waals surface area contributed by atoms with E-state index in [9.17, 15) is 4.79 Å². The maximum absolute atomic E-state index is 12.1. The fourth-order valence-corrected chi connectivity index (χ4v) is 1.56. The maximum atomic E-state index is 12.1. The number of benzene rings is 1. The van der Waals surface area contributed by atoms with Gasteiger partial charge < -0.3 is 15.2 Å². The van der Waals surface area contributed by atoms with E-state index in [-0.39, 0.29) is 5.78 Å². The zero-order chi connectivity index (χ0) is 13.8. The van der Waals surface area contributed by atoms with Gasteiger partial charge in [0.25, 0.3) is 0 Å². The summed E-state index contributed by atoms with van der Waals surface area (Å²) in [6, 6.07) is 5.14. The first kappa shape index (κ1) is 14.5. The zero-order valence-electron chi connectivity index (χ0n) is 11.4. The molecule has 1 aromatic carbocycles. The largest absolute Gasteiger partial charge is 0.490 e. The van der Waals surface area contributed by atoms with Crippen molar-refractivity contribution in [3.63, 3.8) is 0 Å². The van der Waals surface area contributed by atoms with Crippen LogP contribution in [0.4, 0.5) is 0 Å². The summed E-state index contributed by atoms with van der Waals surface area (Å²) in [6.45, 7) is 8.23. The van der Waals surface area contributed by atoms with Crippen LogP contribution in [0.25, 0.3) is 0 Å². The first-order chi connectivity index (χ1) is 8.40. The molecule has 0 spiro atoms. The SMILES string of the molecule is CCOc1ccc(C(=O)C(C)(C)N)cc1OCC. The number of hydrogen-bond donors (Lipinski definition) is 1. The van der Waals surface area contributed by atoms with Crippen molar-refractivity contribution in [2.24, 2.45) is 5.73 Å². The first-order valence-corrected chi connectivity index (χ1v) is 6.13. The van der Waals surface area contributed by atoms with Crippen LogP contribution >= 0.6 is 0 Å². The molecule has 4 heteroatoms. The molecule has 0 aromatic heterocycles. The van der Waals surface area contributed by atoms with Gasteiger partial charge in [-0.05, 0) is 45.9 Å². The van der Waals surface area contributed by atoms with Gasteiger partial charge in [-0.25, -0.2) is 0 Å². The average Bonchev–Trinajstić information content (AvgIpc) is 2.30. The number of carbonyl (C=O) groups excluding carboxylic acids is 1. The number of ether oxygens (including phenoxy) is 2. The van der Waals surface area contributed by atoms with Crippen LogP contribution in [0.15, 0.2) is 18.2 Å². The first-order valence-electron chi connectivity index (χ1n) is 6.13. The summed E-state index contributed by atoms with van der Waals surface area (Å²) >= 11 is 0. The van der Waals surface area contributed by atoms with Crippen LogP contribution in [-0.2, 0) is 0 Å². The van der Waals surface area contributed by atoms with Crippen molar-refractivity contribution in [3.8, 4) is 11.5 Å². The van der Waals surface area contributed by atoms with Gasteiger partial charge in [0.1, 0.15) is 0 Å². The molecular weight excluding hydrogens is 230 g/mol. The molecule has 0 aliphatic carbocycles. The van der Waals surface area contributed by atoms with Gasteiger partial charge in [0.2, 0.25) is 0 Å². The Balaban J connectivity index is 3.10. The molecule has 0 radical (unpaired) electrons. The quantitative estimate of drug-likeness (QED) is 0.789. The number of nitrogens with two attached hydrogens (primary N) is 1. The Kier molecular flexibility index (Phi) is 4.73. The predicted molar refractivity (Wildman–Crippen MR) is 71.4 cm³/mol. The Bertz CT molecular complexity index is 422. The molecule has 100 valence electrons. The van der Waals surface area contributed by atoms with Crippen molar-refractivity contribution in [1.29, 1.82) is 0 Å². The summed E-state index contributed by atoms with van der Waals surface area (Å²) < 4.78 is 10.9. The van der Waals surface area contributed by atoms with Gasteiger partial charge in [0.05, 0.1) is 18.8 Å². The third kappa shape index (κ3) is 3.47. The number of carbonyl (C=O) groups is 1. The predicted octanol–water partition coefficient (Wildman–Crippen LogP) is 2.40. The molecule has 18 heavy (non-hydrogen) atoms. The second kappa shape index (κ2) is 5.87. The minimum atomic E-state index is -0.892. The van der Waals surface area contributed by atoms with Crippen molar-refractivity contribution in [1.82, 2.24) is 0 Å². The minimum Gasteiger partial charge on any atom is -0.490 e. The normalized spacial score (nSPS) is 11.2. The van der Waals surface area contributed by atoms with Crippen LogP contribution < -0.4 is 15.2 Å². The van der Waals surface area contributed by atoms with E-state index >= 15 is 0 Å². The summed E-state index contributed by atoms with van der Waals surface area (Å²) in [4.78, 5) is 12.1. The fourth-order valence-electron chi connectivity index (χ4n) is 1.56. The summed E-state index contributed by atoms with van der Waals surface area (Å²) in [5.41, 5.74) is 5.45. The molecule has 0 bridgehead atoms. The lowest BCUT2D eigenvalue weighted by atomic mass is 9.94. The Morgan fingerprint density at radius 1 is 1.17 bits per heavy atom. The van der Waals surface area contributed by atoms with Crippen molar-refractivity contribution < 1.29 is 14.3 Å². The van der Waals surface area contributed by atoms with Gasteiger partial charge >= 0.3 is 0 Å². The monoisotopic (exact) mass is 251 g/mol. The number of Topliss-reactive ketones (excluding diaryl/α,β-unsaturated/α-hetero) is 1. The highest BCUT2D eigenvalue weighted by atomic mass is 16.5. The molecule has 0 amide bonds. The van der Waals surface area contributed by atoms with Gasteiger partial charge in [-0.2, -0.15) is 0 Å². The molecule has 0 fully saturated rings. The van der Waals surface area contributed by atoms with Crippen LogP contribution in [-0.4, -0.2) is 24.5 Å². The van der Waals surface area contributed by atoms with Crippen LogP contribution in [0.3, 0.4) is 0 Å². The van der Waals surface area contributed by atoms with Crippen molar-refractivity contribution in [2.75, 3.05) is 13.2 Å². The van der Waals surface area contributed by atoms with E-state index in [1.54, 1.807) is 32.0 Å². The number of hydrogen-bond acceptors (Lipinski definition) is 4. The second-order valence-corrected chi connectivity index (χ2v) is 4.58. The Hall–Kier alpha value is -1.55. The molecule has 1 aromatic rings. The standard InChI is InChI=1S/C14H21NO3/c1-5-17-11-8-7-10(9-12(11)18-6-2)13(16)14(3,4)15/h7-9H,5-6,15H2,1-4H3. The molecule has 2 N–H and O–H groups in total. The van der Waals surface area contributed by atoms with Gasteiger partial charge in [-0.15, -0.1) is 0 Å². The molecule has 4 nitrogen and oxygen atoms in total. The minimum absolute atomic E-state index is 0.119. The highest BCUT2D eigenvalue weighted by Gasteiger charge is 2.24. The van der Waals surface area contributed by atoms with Gasteiger partial charge in [0, 0.05) is 5.56 Å². The third-order valence-corrected chi connectivity index (χ3v) is 2.39. The Labute approximate surface area is 108 Å². The van der Waals surface area contributed by atoms with E-state index in [4.69, 9.17) is 15.2 Å². The number of ketones is 1. The molecule has 0 aliphatic heterocycles. The van der Waals surface area contributed by atoms with E-state index in [0.717, 1.165) is 0 Å². The average molecular weight is 251 g/mol. The highest BCUT2D eigenvalue weighted by molar-refractivity contribution is 6.02. The lowest BCUT2D eigenvalue weighted by Gasteiger charge is -2.18. The molecule has 0 atom stereocenters. The molecular formula is C14H21NO3. The Morgan fingerprint density at radius 3 is 2.22 bits per heavy atom. The summed E-state index contributed by atoms with van der Waals surface area (Å²) in [5, 5.41) is 0. The van der Waals surface area contributed by atoms with Crippen molar-refractivity contribution >= 4 is 5.78 Å². The molecule has 0 heterocycles. The smallest absolute Gasteiger partial charge is 0.182 e. The van der Waals surface area contributed by atoms with Crippen molar-refractivity contribution in [2.45, 2.75) is 33.2 Å². The van der Waals surface area contributed by atoms with Crippen molar-refractivity contribution in [3.05, 3.63) is 23.8 Å². The lowest BCUT2D eigenvalue weighted by molar-refractivity contribution is 0.0913. The summed E-state index contributed by atoms with van der Waals surface area (Å²) in [7, 11) is 0. The second-order valence-electron chi connectivity index (χ2n) is 4.58. The number of rotatable bonds is 6. The van der Waals surface area contributed by atoms with E-state index in [0.29, 0.717) is 30.3 Å². The molecule has 1 rings (SSSR count). The third-order valence-electron chi connectivity index (χ3n) is 2.39. The maximum Gasteiger partial charge on any atom is 0.182 e. The van der Waals surface area contributed by atoms with E-state index < -0.39 is 5.54 Å². The van der Waals surface area contributed by atoms with E-state index in [1.165, 1.54) is 0 Å². The summed E-state index contributed by atoms with van der Waals surface area (Å²) in [5.74, 6) is 1.10. The zero-order valence-corrected chi connectivity index (χ0v) is 11.4. The highest BCUT2D eigenvalue weighted by Crippen LogP contribution is 2.29. The van der Waals surface area contributed by atoms with Gasteiger partial charge in [0.15, 0.2) is 17.3 Å². The van der Waals surface area contributed by atoms with E-state index in [2.05, 4.69) is 0 Å². The lowest BCUT2D eigenvalue weighted by Crippen LogP contribution is -2.41.